The van der Waals surface area contributed by atoms with Crippen molar-refractivity contribution in [2.24, 2.45) is 5.73 Å². The van der Waals surface area contributed by atoms with E-state index in [2.05, 4.69) is 21.7 Å². The minimum atomic E-state index is -0.497. The van der Waals surface area contributed by atoms with Crippen molar-refractivity contribution in [2.45, 2.75) is 12.6 Å². The molecule has 1 aromatic heterocycles. The topological polar surface area (TPSA) is 58.8 Å². The highest BCUT2D eigenvalue weighted by atomic mass is 32.1. The molecule has 2 heterocycles. The van der Waals surface area contributed by atoms with E-state index in [4.69, 9.17) is 10.5 Å². The van der Waals surface area contributed by atoms with Crippen molar-refractivity contribution in [1.82, 2.24) is 9.80 Å². The summed E-state index contributed by atoms with van der Waals surface area (Å²) in [6, 6.07) is 2.15. The maximum absolute atomic E-state index is 12.1. The lowest BCUT2D eigenvalue weighted by atomic mass is 10.2. The molecule has 0 aliphatic carbocycles. The molecule has 1 saturated heterocycles. The van der Waals surface area contributed by atoms with Gasteiger partial charge in [-0.3, -0.25) is 9.69 Å². The molecule has 6 heteroatoms. The van der Waals surface area contributed by atoms with E-state index in [-0.39, 0.29) is 12.5 Å². The summed E-state index contributed by atoms with van der Waals surface area (Å²) < 4.78 is 5.10. The van der Waals surface area contributed by atoms with Gasteiger partial charge in [-0.25, -0.2) is 0 Å². The zero-order valence-electron chi connectivity index (χ0n) is 11.2. The molecule has 1 aliphatic heterocycles. The van der Waals surface area contributed by atoms with Crippen LogP contribution in [0.2, 0.25) is 0 Å². The third-order valence-corrected chi connectivity index (χ3v) is 4.18. The number of thiophene rings is 1. The first-order valence-corrected chi connectivity index (χ1v) is 7.44. The fourth-order valence-electron chi connectivity index (χ4n) is 2.27. The zero-order chi connectivity index (χ0) is 13.7. The molecule has 0 aromatic carbocycles. The normalized spacial score (nSPS) is 18.5. The monoisotopic (exact) mass is 283 g/mol. The molecule has 1 amide bonds. The van der Waals surface area contributed by atoms with Crippen LogP contribution in [-0.2, 0) is 16.1 Å². The van der Waals surface area contributed by atoms with Gasteiger partial charge < -0.3 is 15.4 Å². The van der Waals surface area contributed by atoms with E-state index in [1.54, 1.807) is 11.3 Å². The molecule has 0 bridgehead atoms. The number of amides is 1. The minimum Gasteiger partial charge on any atom is -0.370 e. The Balaban J connectivity index is 1.80. The summed E-state index contributed by atoms with van der Waals surface area (Å²) in [7, 11) is 1.53. The molecule has 1 aliphatic rings. The van der Waals surface area contributed by atoms with E-state index in [9.17, 15) is 4.79 Å². The van der Waals surface area contributed by atoms with Gasteiger partial charge >= 0.3 is 0 Å². The lowest BCUT2D eigenvalue weighted by molar-refractivity contribution is -0.143. The fourth-order valence-corrected chi connectivity index (χ4v) is 2.93. The van der Waals surface area contributed by atoms with Crippen molar-refractivity contribution in [3.05, 3.63) is 22.4 Å². The lowest BCUT2D eigenvalue weighted by Gasteiger charge is -2.35. The van der Waals surface area contributed by atoms with Gasteiger partial charge in [0.15, 0.2) is 0 Å². The summed E-state index contributed by atoms with van der Waals surface area (Å²) in [6.45, 7) is 4.53. The second-order valence-corrected chi connectivity index (χ2v) is 5.47. The van der Waals surface area contributed by atoms with Crippen LogP contribution >= 0.6 is 11.3 Å². The van der Waals surface area contributed by atoms with E-state index in [0.717, 1.165) is 32.7 Å². The highest BCUT2D eigenvalue weighted by Gasteiger charge is 2.26. The molecule has 106 valence electrons. The highest BCUT2D eigenvalue weighted by molar-refractivity contribution is 7.07. The Hall–Kier alpha value is -0.950. The zero-order valence-corrected chi connectivity index (χ0v) is 12.1. The number of ether oxygens (including phenoxy) is 1. The summed E-state index contributed by atoms with van der Waals surface area (Å²) in [4.78, 5) is 16.3. The summed E-state index contributed by atoms with van der Waals surface area (Å²) in [5, 5.41) is 4.27. The molecule has 0 radical (unpaired) electrons. The van der Waals surface area contributed by atoms with Crippen LogP contribution in [0.15, 0.2) is 16.8 Å². The van der Waals surface area contributed by atoms with E-state index < -0.39 is 6.10 Å². The van der Waals surface area contributed by atoms with Gasteiger partial charge in [0.05, 0.1) is 0 Å². The summed E-state index contributed by atoms with van der Waals surface area (Å²) >= 11 is 1.72. The second-order valence-electron chi connectivity index (χ2n) is 4.69. The second kappa shape index (κ2) is 7.00. The molecule has 1 unspecified atom stereocenters. The number of piperazine rings is 1. The van der Waals surface area contributed by atoms with Crippen molar-refractivity contribution in [3.8, 4) is 0 Å². The first-order chi connectivity index (χ1) is 9.24. The van der Waals surface area contributed by atoms with Crippen molar-refractivity contribution in [2.75, 3.05) is 39.8 Å². The molecule has 2 rings (SSSR count). The van der Waals surface area contributed by atoms with Crippen LogP contribution in [0.1, 0.15) is 5.56 Å². The molecule has 1 fully saturated rings. The van der Waals surface area contributed by atoms with Crippen LogP contribution in [0.3, 0.4) is 0 Å². The number of hydrogen-bond donors (Lipinski definition) is 1. The molecule has 19 heavy (non-hydrogen) atoms. The Morgan fingerprint density at radius 3 is 2.74 bits per heavy atom. The van der Waals surface area contributed by atoms with Gasteiger partial charge in [-0.2, -0.15) is 11.3 Å². The minimum absolute atomic E-state index is 0.0141. The first-order valence-electron chi connectivity index (χ1n) is 6.49. The quantitative estimate of drug-likeness (QED) is 0.848. The predicted octanol–water partition coefficient (Wildman–Crippen LogP) is 0.366. The van der Waals surface area contributed by atoms with Crippen molar-refractivity contribution in [3.63, 3.8) is 0 Å². The largest absolute Gasteiger partial charge is 0.370 e. The van der Waals surface area contributed by atoms with E-state index in [1.165, 1.54) is 12.7 Å². The van der Waals surface area contributed by atoms with Crippen LogP contribution in [0.5, 0.6) is 0 Å². The molecule has 0 saturated carbocycles. The number of methoxy groups -OCH3 is 1. The van der Waals surface area contributed by atoms with Gasteiger partial charge in [-0.1, -0.05) is 0 Å². The number of nitrogens with zero attached hydrogens (tertiary/aromatic N) is 2. The summed E-state index contributed by atoms with van der Waals surface area (Å²) in [5.41, 5.74) is 6.88. The molecule has 0 spiro atoms. The van der Waals surface area contributed by atoms with Gasteiger partial charge in [0.1, 0.15) is 6.10 Å². The van der Waals surface area contributed by atoms with Gasteiger partial charge in [-0.15, -0.1) is 0 Å². The van der Waals surface area contributed by atoms with Crippen molar-refractivity contribution >= 4 is 17.2 Å². The average molecular weight is 283 g/mol. The Morgan fingerprint density at radius 2 is 2.21 bits per heavy atom. The number of carbonyl (C=O) groups is 1. The van der Waals surface area contributed by atoms with Crippen LogP contribution < -0.4 is 5.73 Å². The number of nitrogens with two attached hydrogens (primary N) is 1. The van der Waals surface area contributed by atoms with Crippen LogP contribution in [0.4, 0.5) is 0 Å². The van der Waals surface area contributed by atoms with Crippen LogP contribution in [0, 0.1) is 0 Å². The SMILES string of the molecule is COC(CN)C(=O)N1CCN(Cc2ccsc2)CC1. The average Bonchev–Trinajstić information content (AvgIpc) is 2.94. The molecule has 2 N–H and O–H groups in total. The molecule has 1 atom stereocenters. The maximum atomic E-state index is 12.1. The fraction of sp³-hybridized carbons (Fsp3) is 0.615. The third kappa shape index (κ3) is 3.76. The molecule has 1 aromatic rings. The molecule has 5 nitrogen and oxygen atoms in total. The Labute approximate surface area is 117 Å². The molecular weight excluding hydrogens is 262 g/mol. The smallest absolute Gasteiger partial charge is 0.253 e. The summed E-state index contributed by atoms with van der Waals surface area (Å²) in [6.07, 6.45) is -0.497. The Kier molecular flexibility index (Phi) is 5.33. The van der Waals surface area contributed by atoms with E-state index in [1.807, 2.05) is 4.90 Å². The van der Waals surface area contributed by atoms with E-state index >= 15 is 0 Å². The van der Waals surface area contributed by atoms with E-state index in [0.29, 0.717) is 0 Å². The van der Waals surface area contributed by atoms with Crippen LogP contribution in [0.25, 0.3) is 0 Å². The van der Waals surface area contributed by atoms with Crippen molar-refractivity contribution in [1.29, 1.82) is 0 Å². The van der Waals surface area contributed by atoms with Gasteiger partial charge in [0, 0.05) is 46.4 Å². The first kappa shape index (κ1) is 14.5. The number of carbonyl (C=O) groups excluding carboxylic acids is 1. The summed E-state index contributed by atoms with van der Waals surface area (Å²) in [5.74, 6) is 0.0141. The Morgan fingerprint density at radius 1 is 1.47 bits per heavy atom. The van der Waals surface area contributed by atoms with Crippen LogP contribution in [-0.4, -0.2) is 61.6 Å². The van der Waals surface area contributed by atoms with Gasteiger partial charge in [0.25, 0.3) is 5.91 Å². The lowest BCUT2D eigenvalue weighted by Crippen LogP contribution is -2.52. The van der Waals surface area contributed by atoms with Gasteiger partial charge in [-0.05, 0) is 22.4 Å². The van der Waals surface area contributed by atoms with Gasteiger partial charge in [0.2, 0.25) is 0 Å². The number of hydrogen-bond acceptors (Lipinski definition) is 5. The predicted molar refractivity (Wildman–Crippen MR) is 76.0 cm³/mol. The highest BCUT2D eigenvalue weighted by Crippen LogP contribution is 2.12. The number of rotatable bonds is 5. The molecular formula is C13H21N3O2S. The standard InChI is InChI=1S/C13H21N3O2S/c1-18-12(8-14)13(17)16-5-3-15(4-6-16)9-11-2-7-19-10-11/h2,7,10,12H,3-6,8-9,14H2,1H3. The third-order valence-electron chi connectivity index (χ3n) is 3.44. The maximum Gasteiger partial charge on any atom is 0.253 e. The van der Waals surface area contributed by atoms with Crippen molar-refractivity contribution < 1.29 is 9.53 Å². The Bertz CT molecular complexity index is 385.